The number of hydrogen-bond donors (Lipinski definition) is 2. The summed E-state index contributed by atoms with van der Waals surface area (Å²) < 4.78 is 42.5. The number of allylic oxidation sites excluding steroid dienone is 1. The molecular formula is C20H23FN4O3S. The smallest absolute Gasteiger partial charge is 0.250 e. The molecule has 0 spiro atoms. The Kier molecular flexibility index (Phi) is 6.17. The summed E-state index contributed by atoms with van der Waals surface area (Å²) in [4.78, 5) is 16.1. The van der Waals surface area contributed by atoms with Gasteiger partial charge in [-0.15, -0.1) is 0 Å². The quantitative estimate of drug-likeness (QED) is 0.643. The van der Waals surface area contributed by atoms with Crippen LogP contribution in [0.3, 0.4) is 0 Å². The zero-order chi connectivity index (χ0) is 21.0. The second-order valence-electron chi connectivity index (χ2n) is 6.84. The van der Waals surface area contributed by atoms with Crippen molar-refractivity contribution in [3.63, 3.8) is 0 Å². The van der Waals surface area contributed by atoms with Crippen LogP contribution in [0.5, 0.6) is 0 Å². The third-order valence-electron chi connectivity index (χ3n) is 4.47. The second-order valence-corrected chi connectivity index (χ2v) is 8.80. The number of aryl methyl sites for hydroxylation is 1. The fourth-order valence-corrected chi connectivity index (χ4v) is 4.17. The lowest BCUT2D eigenvalue weighted by atomic mass is 10.1. The van der Waals surface area contributed by atoms with Gasteiger partial charge in [-0.3, -0.25) is 14.5 Å². The summed E-state index contributed by atoms with van der Waals surface area (Å²) in [6.45, 7) is 2.55. The van der Waals surface area contributed by atoms with Crippen molar-refractivity contribution in [3.05, 3.63) is 64.5 Å². The Morgan fingerprint density at radius 2 is 2.10 bits per heavy atom. The average Bonchev–Trinajstić information content (AvgIpc) is 3.52. The minimum absolute atomic E-state index is 0.115. The molecule has 9 heteroatoms. The van der Waals surface area contributed by atoms with E-state index in [1.807, 2.05) is 6.92 Å². The molecule has 1 aromatic heterocycles. The van der Waals surface area contributed by atoms with Crippen molar-refractivity contribution in [3.8, 4) is 0 Å². The molecule has 29 heavy (non-hydrogen) atoms. The number of sulfonamides is 1. The van der Waals surface area contributed by atoms with Crippen molar-refractivity contribution in [1.82, 2.24) is 4.57 Å². The number of aromatic nitrogens is 1. The van der Waals surface area contributed by atoms with E-state index in [4.69, 9.17) is 5.73 Å². The van der Waals surface area contributed by atoms with Crippen LogP contribution in [0, 0.1) is 5.82 Å². The zero-order valence-corrected chi connectivity index (χ0v) is 16.8. The zero-order valence-electron chi connectivity index (χ0n) is 16.0. The molecule has 1 fully saturated rings. The third-order valence-corrected chi connectivity index (χ3v) is 6.34. The Labute approximate surface area is 168 Å². The molecule has 2 aromatic rings. The molecule has 154 valence electrons. The van der Waals surface area contributed by atoms with E-state index in [0.717, 1.165) is 12.5 Å². The van der Waals surface area contributed by atoms with Crippen LogP contribution in [-0.4, -0.2) is 24.4 Å². The molecular weight excluding hydrogens is 395 g/mol. The van der Waals surface area contributed by atoms with Gasteiger partial charge in [0.25, 0.3) is 5.56 Å². The van der Waals surface area contributed by atoms with Gasteiger partial charge in [-0.1, -0.05) is 6.92 Å². The predicted octanol–water partition coefficient (Wildman–Crippen LogP) is 3.00. The van der Waals surface area contributed by atoms with Gasteiger partial charge in [0.2, 0.25) is 10.0 Å². The largest absolute Gasteiger partial charge is 0.404 e. The monoisotopic (exact) mass is 418 g/mol. The molecule has 1 heterocycles. The normalized spacial score (nSPS) is 15.0. The fraction of sp³-hybridized carbons (Fsp3) is 0.300. The van der Waals surface area contributed by atoms with E-state index in [0.29, 0.717) is 30.6 Å². The highest BCUT2D eigenvalue weighted by Gasteiger charge is 2.35. The van der Waals surface area contributed by atoms with Crippen LogP contribution in [0.15, 0.2) is 52.5 Å². The summed E-state index contributed by atoms with van der Waals surface area (Å²) in [5.74, 6) is -0.625. The third kappa shape index (κ3) is 5.11. The van der Waals surface area contributed by atoms with Gasteiger partial charge in [-0.05, 0) is 43.5 Å². The summed E-state index contributed by atoms with van der Waals surface area (Å²) in [6, 6.07) is 7.05. The van der Waals surface area contributed by atoms with E-state index < -0.39 is 21.1 Å². The van der Waals surface area contributed by atoms with E-state index >= 15 is 0 Å². The van der Waals surface area contributed by atoms with Crippen LogP contribution in [0.1, 0.15) is 31.7 Å². The molecule has 0 radical (unpaired) electrons. The lowest BCUT2D eigenvalue weighted by molar-refractivity contribution is 0.600. The lowest BCUT2D eigenvalue weighted by Crippen LogP contribution is -2.17. The minimum Gasteiger partial charge on any atom is -0.404 e. The van der Waals surface area contributed by atoms with Gasteiger partial charge >= 0.3 is 0 Å². The van der Waals surface area contributed by atoms with Crippen molar-refractivity contribution in [2.24, 2.45) is 10.7 Å². The van der Waals surface area contributed by atoms with E-state index in [1.54, 1.807) is 16.8 Å². The number of anilines is 1. The molecule has 0 aliphatic heterocycles. The number of pyridine rings is 1. The molecule has 0 bridgehead atoms. The Morgan fingerprint density at radius 1 is 1.34 bits per heavy atom. The van der Waals surface area contributed by atoms with Crippen molar-refractivity contribution in [2.45, 2.75) is 38.0 Å². The minimum atomic E-state index is -3.46. The first-order chi connectivity index (χ1) is 13.8. The maximum absolute atomic E-state index is 14.6. The number of nitrogens with one attached hydrogen (secondary N) is 1. The highest BCUT2D eigenvalue weighted by atomic mass is 32.2. The standard InChI is InChI=1S/C20H23FN4O3S/c1-2-9-25-13-16(4-8-20(25)26)23-12-14(11-22)18-7-3-15(10-19(18)21)24-29(27,28)17-5-6-17/h3-4,7-8,10-13,17,24H,2,5-6,9,22H2,1H3. The number of halogens is 1. The van der Waals surface area contributed by atoms with Crippen LogP contribution >= 0.6 is 0 Å². The van der Waals surface area contributed by atoms with Gasteiger partial charge in [0.05, 0.1) is 16.6 Å². The first-order valence-electron chi connectivity index (χ1n) is 9.32. The average molecular weight is 418 g/mol. The van der Waals surface area contributed by atoms with Crippen molar-refractivity contribution in [1.29, 1.82) is 0 Å². The molecule has 7 nitrogen and oxygen atoms in total. The van der Waals surface area contributed by atoms with Crippen molar-refractivity contribution < 1.29 is 12.8 Å². The molecule has 3 rings (SSSR count). The SMILES string of the molecule is CCCn1cc(N=CC(=CN)c2ccc(NS(=O)(=O)C3CC3)cc2F)ccc1=O. The van der Waals surface area contributed by atoms with E-state index in [1.165, 1.54) is 30.6 Å². The summed E-state index contributed by atoms with van der Waals surface area (Å²) in [7, 11) is -3.46. The van der Waals surface area contributed by atoms with Crippen LogP contribution in [0.2, 0.25) is 0 Å². The van der Waals surface area contributed by atoms with Gasteiger partial charge in [0.15, 0.2) is 0 Å². The Bertz CT molecular complexity index is 1120. The number of aliphatic imine (C=N–C) groups is 1. The van der Waals surface area contributed by atoms with E-state index in [2.05, 4.69) is 9.71 Å². The van der Waals surface area contributed by atoms with Crippen LogP contribution in [0.25, 0.3) is 5.57 Å². The van der Waals surface area contributed by atoms with Crippen LogP contribution < -0.4 is 16.0 Å². The lowest BCUT2D eigenvalue weighted by Gasteiger charge is -2.09. The Balaban J connectivity index is 1.80. The molecule has 0 saturated heterocycles. The first kappa shape index (κ1) is 20.8. The Hall–Kier alpha value is -2.94. The molecule has 3 N–H and O–H groups in total. The highest BCUT2D eigenvalue weighted by Crippen LogP contribution is 2.30. The summed E-state index contributed by atoms with van der Waals surface area (Å²) in [5.41, 5.74) is 6.74. The van der Waals surface area contributed by atoms with Gasteiger partial charge in [-0.25, -0.2) is 12.8 Å². The predicted molar refractivity (Wildman–Crippen MR) is 113 cm³/mol. The molecule has 1 aliphatic rings. The molecule has 1 aliphatic carbocycles. The molecule has 0 atom stereocenters. The van der Waals surface area contributed by atoms with Gasteiger partial charge < -0.3 is 10.3 Å². The molecule has 0 unspecified atom stereocenters. The molecule has 1 saturated carbocycles. The van der Waals surface area contributed by atoms with Crippen molar-refractivity contribution >= 4 is 33.2 Å². The number of hydrogen-bond acceptors (Lipinski definition) is 5. The van der Waals surface area contributed by atoms with Gasteiger partial charge in [-0.2, -0.15) is 0 Å². The van der Waals surface area contributed by atoms with E-state index in [9.17, 15) is 17.6 Å². The summed E-state index contributed by atoms with van der Waals surface area (Å²) in [5, 5.41) is -0.396. The second kappa shape index (κ2) is 8.60. The first-order valence-corrected chi connectivity index (χ1v) is 10.9. The summed E-state index contributed by atoms with van der Waals surface area (Å²) >= 11 is 0. The number of nitrogens with zero attached hydrogens (tertiary/aromatic N) is 2. The summed E-state index contributed by atoms with van der Waals surface area (Å²) in [6.07, 6.45) is 6.31. The number of rotatable bonds is 8. The maximum atomic E-state index is 14.6. The molecule has 0 amide bonds. The molecule has 1 aromatic carbocycles. The van der Waals surface area contributed by atoms with Crippen LogP contribution in [-0.2, 0) is 16.6 Å². The van der Waals surface area contributed by atoms with Gasteiger partial charge in [0.1, 0.15) is 5.82 Å². The van der Waals surface area contributed by atoms with E-state index in [-0.39, 0.29) is 16.8 Å². The Morgan fingerprint density at radius 3 is 2.72 bits per heavy atom. The fourth-order valence-electron chi connectivity index (χ4n) is 2.80. The highest BCUT2D eigenvalue weighted by molar-refractivity contribution is 7.93. The van der Waals surface area contributed by atoms with Gasteiger partial charge in [0, 0.05) is 42.4 Å². The van der Waals surface area contributed by atoms with Crippen LogP contribution in [0.4, 0.5) is 15.8 Å². The topological polar surface area (TPSA) is 107 Å². The van der Waals surface area contributed by atoms with Crippen molar-refractivity contribution in [2.75, 3.05) is 4.72 Å². The number of benzene rings is 1. The number of nitrogens with two attached hydrogens (primary N) is 1. The maximum Gasteiger partial charge on any atom is 0.250 e.